The molecule has 0 spiro atoms. The van der Waals surface area contributed by atoms with Gasteiger partial charge in [0.1, 0.15) is 0 Å². The lowest BCUT2D eigenvalue weighted by atomic mass is 10.1. The number of hydrogen-bond donors (Lipinski definition) is 0. The Bertz CT molecular complexity index is 170. The Hall–Kier alpha value is -0.760. The first kappa shape index (κ1) is 8.34. The SMILES string of the molecule is CCOC1=CC=CC(OC)C1. The van der Waals surface area contributed by atoms with Gasteiger partial charge in [-0.3, -0.25) is 0 Å². The van der Waals surface area contributed by atoms with Crippen LogP contribution in [0, 0.1) is 0 Å². The summed E-state index contributed by atoms with van der Waals surface area (Å²) in [7, 11) is 1.71. The molecule has 0 fully saturated rings. The summed E-state index contributed by atoms with van der Waals surface area (Å²) in [6, 6.07) is 0. The topological polar surface area (TPSA) is 18.5 Å². The fraction of sp³-hybridized carbons (Fsp3) is 0.556. The van der Waals surface area contributed by atoms with E-state index >= 15 is 0 Å². The average molecular weight is 154 g/mol. The number of ether oxygens (including phenoxy) is 2. The second-order valence-electron chi connectivity index (χ2n) is 2.43. The van der Waals surface area contributed by atoms with E-state index < -0.39 is 0 Å². The molecule has 1 rings (SSSR count). The summed E-state index contributed by atoms with van der Waals surface area (Å²) in [6.07, 6.45) is 7.05. The van der Waals surface area contributed by atoms with Crippen molar-refractivity contribution in [1.29, 1.82) is 0 Å². The molecule has 1 aliphatic carbocycles. The van der Waals surface area contributed by atoms with Crippen molar-refractivity contribution >= 4 is 0 Å². The highest BCUT2D eigenvalue weighted by molar-refractivity contribution is 5.16. The Balaban J connectivity index is 2.43. The van der Waals surface area contributed by atoms with E-state index in [0.29, 0.717) is 0 Å². The van der Waals surface area contributed by atoms with Gasteiger partial charge in [0.2, 0.25) is 0 Å². The van der Waals surface area contributed by atoms with E-state index in [2.05, 4.69) is 0 Å². The monoisotopic (exact) mass is 154 g/mol. The van der Waals surface area contributed by atoms with Crippen molar-refractivity contribution in [3.63, 3.8) is 0 Å². The highest BCUT2D eigenvalue weighted by Crippen LogP contribution is 2.15. The standard InChI is InChI=1S/C9H14O2/c1-3-11-9-6-4-5-8(7-9)10-2/h4-6,8H,3,7H2,1-2H3. The van der Waals surface area contributed by atoms with Crippen LogP contribution in [0.25, 0.3) is 0 Å². The summed E-state index contributed by atoms with van der Waals surface area (Å²) in [6.45, 7) is 2.72. The molecule has 2 heteroatoms. The molecule has 2 nitrogen and oxygen atoms in total. The minimum absolute atomic E-state index is 0.196. The van der Waals surface area contributed by atoms with Crippen LogP contribution in [0.1, 0.15) is 13.3 Å². The van der Waals surface area contributed by atoms with E-state index in [0.717, 1.165) is 18.8 Å². The zero-order valence-electron chi connectivity index (χ0n) is 7.04. The summed E-state index contributed by atoms with van der Waals surface area (Å²) in [5.41, 5.74) is 0. The fourth-order valence-corrected chi connectivity index (χ4v) is 1.08. The van der Waals surface area contributed by atoms with Crippen molar-refractivity contribution in [2.75, 3.05) is 13.7 Å². The molecule has 0 amide bonds. The van der Waals surface area contributed by atoms with E-state index in [1.165, 1.54) is 0 Å². The molecule has 0 aromatic carbocycles. The predicted molar refractivity (Wildman–Crippen MR) is 44.3 cm³/mol. The molecule has 0 aliphatic heterocycles. The summed E-state index contributed by atoms with van der Waals surface area (Å²) in [5, 5.41) is 0. The number of rotatable bonds is 3. The third-order valence-corrected chi connectivity index (χ3v) is 1.64. The Morgan fingerprint density at radius 2 is 2.45 bits per heavy atom. The van der Waals surface area contributed by atoms with Gasteiger partial charge in [0, 0.05) is 13.5 Å². The average Bonchev–Trinajstić information content (AvgIpc) is 2.06. The van der Waals surface area contributed by atoms with Gasteiger partial charge in [0.25, 0.3) is 0 Å². The molecule has 0 aromatic heterocycles. The minimum atomic E-state index is 0.196. The first-order valence-corrected chi connectivity index (χ1v) is 3.89. The molecule has 0 heterocycles. The molecule has 0 aromatic rings. The Morgan fingerprint density at radius 1 is 1.64 bits per heavy atom. The maximum atomic E-state index is 5.34. The lowest BCUT2D eigenvalue weighted by Gasteiger charge is -2.16. The van der Waals surface area contributed by atoms with Crippen LogP contribution in [0.4, 0.5) is 0 Å². The van der Waals surface area contributed by atoms with Crippen molar-refractivity contribution in [3.05, 3.63) is 24.0 Å². The van der Waals surface area contributed by atoms with Crippen LogP contribution in [0.2, 0.25) is 0 Å². The first-order valence-electron chi connectivity index (χ1n) is 3.89. The van der Waals surface area contributed by atoms with E-state index in [1.54, 1.807) is 7.11 Å². The van der Waals surface area contributed by atoms with Gasteiger partial charge in [-0.05, 0) is 13.0 Å². The fourth-order valence-electron chi connectivity index (χ4n) is 1.08. The third kappa shape index (κ3) is 2.39. The lowest BCUT2D eigenvalue weighted by molar-refractivity contribution is 0.114. The molecule has 1 aliphatic rings. The summed E-state index contributed by atoms with van der Waals surface area (Å²) in [5.74, 6) is 1.02. The highest BCUT2D eigenvalue weighted by Gasteiger charge is 2.09. The summed E-state index contributed by atoms with van der Waals surface area (Å²) >= 11 is 0. The zero-order valence-corrected chi connectivity index (χ0v) is 7.04. The molecule has 62 valence electrons. The highest BCUT2D eigenvalue weighted by atomic mass is 16.5. The second kappa shape index (κ2) is 4.19. The lowest BCUT2D eigenvalue weighted by Crippen LogP contribution is -2.11. The van der Waals surface area contributed by atoms with Gasteiger partial charge in [-0.2, -0.15) is 0 Å². The van der Waals surface area contributed by atoms with Crippen molar-refractivity contribution in [3.8, 4) is 0 Å². The van der Waals surface area contributed by atoms with Gasteiger partial charge in [0.15, 0.2) is 0 Å². The van der Waals surface area contributed by atoms with Gasteiger partial charge in [0.05, 0.1) is 18.5 Å². The van der Waals surface area contributed by atoms with Crippen LogP contribution in [0.15, 0.2) is 24.0 Å². The maximum Gasteiger partial charge on any atom is 0.0988 e. The maximum absolute atomic E-state index is 5.34. The number of hydrogen-bond acceptors (Lipinski definition) is 2. The van der Waals surface area contributed by atoms with Gasteiger partial charge in [-0.25, -0.2) is 0 Å². The van der Waals surface area contributed by atoms with E-state index in [1.807, 2.05) is 25.2 Å². The third-order valence-electron chi connectivity index (χ3n) is 1.64. The molecule has 0 saturated carbocycles. The number of allylic oxidation sites excluding steroid dienone is 2. The molecule has 0 N–H and O–H groups in total. The molecule has 0 saturated heterocycles. The van der Waals surface area contributed by atoms with Gasteiger partial charge < -0.3 is 9.47 Å². The number of methoxy groups -OCH3 is 1. The van der Waals surface area contributed by atoms with Crippen LogP contribution in [0.3, 0.4) is 0 Å². The molecular weight excluding hydrogens is 140 g/mol. The molecule has 0 radical (unpaired) electrons. The van der Waals surface area contributed by atoms with Crippen molar-refractivity contribution in [2.24, 2.45) is 0 Å². The summed E-state index contributed by atoms with van der Waals surface area (Å²) in [4.78, 5) is 0. The van der Waals surface area contributed by atoms with E-state index in [9.17, 15) is 0 Å². The summed E-state index contributed by atoms with van der Waals surface area (Å²) < 4.78 is 10.5. The largest absolute Gasteiger partial charge is 0.498 e. The smallest absolute Gasteiger partial charge is 0.0988 e. The first-order chi connectivity index (χ1) is 5.36. The van der Waals surface area contributed by atoms with Gasteiger partial charge in [-0.15, -0.1) is 0 Å². The molecule has 1 atom stereocenters. The van der Waals surface area contributed by atoms with Gasteiger partial charge in [-0.1, -0.05) is 12.2 Å². The Morgan fingerprint density at radius 3 is 3.09 bits per heavy atom. The van der Waals surface area contributed by atoms with E-state index in [4.69, 9.17) is 9.47 Å². The normalized spacial score (nSPS) is 23.1. The molecule has 11 heavy (non-hydrogen) atoms. The second-order valence-corrected chi connectivity index (χ2v) is 2.43. The van der Waals surface area contributed by atoms with Gasteiger partial charge >= 0.3 is 0 Å². The van der Waals surface area contributed by atoms with Crippen LogP contribution < -0.4 is 0 Å². The molecule has 0 bridgehead atoms. The van der Waals surface area contributed by atoms with Crippen LogP contribution in [0.5, 0.6) is 0 Å². The predicted octanol–water partition coefficient (Wildman–Crippen LogP) is 1.88. The van der Waals surface area contributed by atoms with Crippen molar-refractivity contribution in [2.45, 2.75) is 19.4 Å². The van der Waals surface area contributed by atoms with Crippen molar-refractivity contribution in [1.82, 2.24) is 0 Å². The van der Waals surface area contributed by atoms with Crippen molar-refractivity contribution < 1.29 is 9.47 Å². The van der Waals surface area contributed by atoms with Crippen LogP contribution >= 0.6 is 0 Å². The molecular formula is C9H14O2. The Labute approximate surface area is 67.5 Å². The molecule has 1 unspecified atom stereocenters. The minimum Gasteiger partial charge on any atom is -0.498 e. The zero-order chi connectivity index (χ0) is 8.10. The Kier molecular flexibility index (Phi) is 3.17. The van der Waals surface area contributed by atoms with Crippen LogP contribution in [-0.2, 0) is 9.47 Å². The quantitative estimate of drug-likeness (QED) is 0.618. The van der Waals surface area contributed by atoms with E-state index in [-0.39, 0.29) is 6.10 Å². The van der Waals surface area contributed by atoms with Crippen LogP contribution in [-0.4, -0.2) is 19.8 Å².